The average molecular weight is 833 g/mol. The zero-order valence-corrected chi connectivity index (χ0v) is 36.5. The fraction of sp³-hybridized carbons (Fsp3) is 0.625. The molecule has 334 valence electrons. The summed E-state index contributed by atoms with van der Waals surface area (Å²) in [6.07, 6.45) is 29.2. The molecule has 8 N–H and O–H groups in total. The molecule has 2 fully saturated rings. The molecule has 0 aliphatic carbocycles. The molecule has 2 aromatic carbocycles. The summed E-state index contributed by atoms with van der Waals surface area (Å²) in [4.78, 5) is 72.4. The van der Waals surface area contributed by atoms with Crippen LogP contribution in [0.4, 0.5) is 0 Å². The molecule has 0 atom stereocenters. The molecule has 4 rings (SSSR count). The van der Waals surface area contributed by atoms with Crippen LogP contribution < -0.4 is 22.9 Å². The van der Waals surface area contributed by atoms with Crippen molar-refractivity contribution in [1.29, 1.82) is 0 Å². The van der Waals surface area contributed by atoms with E-state index in [0.717, 1.165) is 90.4 Å². The predicted molar refractivity (Wildman–Crippen MR) is 240 cm³/mol. The molecule has 0 radical (unpaired) electrons. The monoisotopic (exact) mass is 833 g/mol. The summed E-state index contributed by atoms with van der Waals surface area (Å²) >= 11 is 0. The molecular formula is C48H76N6O6. The van der Waals surface area contributed by atoms with Crippen LogP contribution in [-0.2, 0) is 9.59 Å². The normalized spacial score (nSPS) is 16.0. The van der Waals surface area contributed by atoms with Crippen molar-refractivity contribution in [2.75, 3.05) is 26.2 Å². The average Bonchev–Trinajstić information content (AvgIpc) is 3.27. The van der Waals surface area contributed by atoms with Gasteiger partial charge < -0.3 is 32.7 Å². The zero-order valence-electron chi connectivity index (χ0n) is 36.5. The third-order valence-corrected chi connectivity index (χ3v) is 11.2. The van der Waals surface area contributed by atoms with Crippen molar-refractivity contribution in [2.24, 2.45) is 22.9 Å². The van der Waals surface area contributed by atoms with Crippen LogP contribution >= 0.6 is 0 Å². The Labute approximate surface area is 359 Å². The first kappa shape index (κ1) is 51.4. The van der Waals surface area contributed by atoms with E-state index in [2.05, 4.69) is 0 Å². The van der Waals surface area contributed by atoms with Gasteiger partial charge in [-0.3, -0.25) is 28.8 Å². The van der Waals surface area contributed by atoms with Crippen molar-refractivity contribution < 1.29 is 28.8 Å². The maximum absolute atomic E-state index is 12.8. The van der Waals surface area contributed by atoms with Crippen LogP contribution in [0.3, 0.4) is 0 Å². The molecule has 0 aromatic heterocycles. The molecular weight excluding hydrogens is 757 g/mol. The van der Waals surface area contributed by atoms with Gasteiger partial charge in [-0.2, -0.15) is 0 Å². The fourth-order valence-electron chi connectivity index (χ4n) is 7.54. The van der Waals surface area contributed by atoms with E-state index < -0.39 is 11.8 Å². The zero-order chi connectivity index (χ0) is 43.8. The summed E-state index contributed by atoms with van der Waals surface area (Å²) in [5.74, 6) is -1.24. The summed E-state index contributed by atoms with van der Waals surface area (Å²) in [7, 11) is 0. The van der Waals surface area contributed by atoms with Crippen LogP contribution in [0.5, 0.6) is 0 Å². The van der Waals surface area contributed by atoms with E-state index in [4.69, 9.17) is 22.9 Å². The second-order valence-electron chi connectivity index (χ2n) is 16.4. The summed E-state index contributed by atoms with van der Waals surface area (Å²) in [6.45, 7) is 3.32. The molecule has 0 bridgehead atoms. The van der Waals surface area contributed by atoms with E-state index in [-0.39, 0.29) is 23.6 Å². The second-order valence-corrected chi connectivity index (χ2v) is 16.4. The summed E-state index contributed by atoms with van der Waals surface area (Å²) in [6, 6.07) is 13.4. The third-order valence-electron chi connectivity index (χ3n) is 11.2. The van der Waals surface area contributed by atoms with E-state index >= 15 is 0 Å². The number of carbonyl (C=O) groups is 6. The molecule has 2 aliphatic rings. The molecule has 2 aromatic rings. The van der Waals surface area contributed by atoms with Gasteiger partial charge in [-0.05, 0) is 87.1 Å². The Hall–Kier alpha value is -4.74. The van der Waals surface area contributed by atoms with Crippen molar-refractivity contribution in [1.82, 2.24) is 9.80 Å². The molecule has 0 unspecified atom stereocenters. The van der Waals surface area contributed by atoms with Crippen LogP contribution in [0.1, 0.15) is 208 Å². The first-order chi connectivity index (χ1) is 29.0. The van der Waals surface area contributed by atoms with Crippen molar-refractivity contribution in [3.8, 4) is 0 Å². The highest BCUT2D eigenvalue weighted by molar-refractivity contribution is 5.98. The lowest BCUT2D eigenvalue weighted by atomic mass is 10.1. The van der Waals surface area contributed by atoms with Crippen LogP contribution in [0, 0.1) is 0 Å². The van der Waals surface area contributed by atoms with Gasteiger partial charge >= 0.3 is 0 Å². The van der Waals surface area contributed by atoms with E-state index in [9.17, 15) is 28.8 Å². The minimum absolute atomic E-state index is 0.0651. The number of rotatable bonds is 13. The van der Waals surface area contributed by atoms with Crippen LogP contribution in [-0.4, -0.2) is 71.4 Å². The highest BCUT2D eigenvalue weighted by Gasteiger charge is 2.17. The Bertz CT molecular complexity index is 1500. The largest absolute Gasteiger partial charge is 0.370 e. The smallest absolute Gasteiger partial charge is 0.253 e. The van der Waals surface area contributed by atoms with Crippen molar-refractivity contribution in [3.05, 3.63) is 70.8 Å². The number of hydrogen-bond acceptors (Lipinski definition) is 6. The maximum atomic E-state index is 12.8. The minimum Gasteiger partial charge on any atom is -0.370 e. The number of carbonyl (C=O) groups excluding carboxylic acids is 6. The Morgan fingerprint density at radius 3 is 0.783 bits per heavy atom. The lowest BCUT2D eigenvalue weighted by molar-refractivity contribution is -0.119. The van der Waals surface area contributed by atoms with Gasteiger partial charge in [0.1, 0.15) is 0 Å². The number of hydrogen-bond donors (Lipinski definition) is 4. The first-order valence-corrected chi connectivity index (χ1v) is 22.9. The van der Waals surface area contributed by atoms with Crippen molar-refractivity contribution >= 4 is 35.4 Å². The number of nitrogens with two attached hydrogens (primary N) is 4. The standard InChI is InChI=1S/C20H30N2O2.C18H26N2O2.C10H20N2O2/c21-19(23)17-11-13-18(14-12-17)20(24)22-15-9-7-5-3-1-2-4-6-8-10-16-22;19-17(21)15-9-11-16(12-10-15)18(22)20-13-7-5-3-1-2-4-6-8-14-20;11-9(13)7-5-3-1-2-4-6-8-10(12)14/h11-14H,1-10,15-16H2,(H2,21,23);9-12H,1-8,13-14H2,(H2,19,21);1-8H2,(H2,11,13)(H2,12,14). The van der Waals surface area contributed by atoms with Gasteiger partial charge in [0, 0.05) is 61.3 Å². The summed E-state index contributed by atoms with van der Waals surface area (Å²) < 4.78 is 0. The van der Waals surface area contributed by atoms with Gasteiger partial charge in [-0.1, -0.05) is 116 Å². The van der Waals surface area contributed by atoms with Gasteiger partial charge in [-0.15, -0.1) is 0 Å². The minimum atomic E-state index is -0.464. The van der Waals surface area contributed by atoms with Crippen LogP contribution in [0.15, 0.2) is 48.5 Å². The van der Waals surface area contributed by atoms with E-state index in [1.165, 1.54) is 89.9 Å². The number of primary amides is 4. The van der Waals surface area contributed by atoms with Crippen LogP contribution in [0.25, 0.3) is 0 Å². The lowest BCUT2D eigenvalue weighted by Crippen LogP contribution is -2.33. The molecule has 60 heavy (non-hydrogen) atoms. The Morgan fingerprint density at radius 1 is 0.333 bits per heavy atom. The molecule has 2 heterocycles. The Balaban J connectivity index is 0.000000322. The number of benzene rings is 2. The molecule has 2 aliphatic heterocycles. The van der Waals surface area contributed by atoms with Gasteiger partial charge in [0.05, 0.1) is 0 Å². The quantitative estimate of drug-likeness (QED) is 0.145. The second kappa shape index (κ2) is 32.1. The van der Waals surface area contributed by atoms with Gasteiger partial charge in [0.25, 0.3) is 11.8 Å². The highest BCUT2D eigenvalue weighted by atomic mass is 16.2. The maximum Gasteiger partial charge on any atom is 0.253 e. The predicted octanol–water partition coefficient (Wildman–Crippen LogP) is 8.58. The van der Waals surface area contributed by atoms with Gasteiger partial charge in [0.2, 0.25) is 23.6 Å². The first-order valence-electron chi connectivity index (χ1n) is 22.9. The molecule has 0 saturated carbocycles. The molecule has 12 nitrogen and oxygen atoms in total. The van der Waals surface area contributed by atoms with Crippen LogP contribution in [0.2, 0.25) is 0 Å². The highest BCUT2D eigenvalue weighted by Crippen LogP contribution is 2.17. The molecule has 6 amide bonds. The summed E-state index contributed by atoms with van der Waals surface area (Å²) in [5.41, 5.74) is 22.6. The fourth-order valence-corrected chi connectivity index (χ4v) is 7.54. The van der Waals surface area contributed by atoms with Crippen molar-refractivity contribution in [2.45, 2.75) is 167 Å². The van der Waals surface area contributed by atoms with Crippen molar-refractivity contribution in [3.63, 3.8) is 0 Å². The van der Waals surface area contributed by atoms with E-state index in [1.54, 1.807) is 48.5 Å². The summed E-state index contributed by atoms with van der Waals surface area (Å²) in [5, 5.41) is 0. The number of unbranched alkanes of at least 4 members (excludes halogenated alkanes) is 5. The van der Waals surface area contributed by atoms with Gasteiger partial charge in [0.15, 0.2) is 0 Å². The van der Waals surface area contributed by atoms with E-state index in [0.29, 0.717) is 35.1 Å². The Kier molecular flexibility index (Phi) is 27.5. The molecule has 0 spiro atoms. The third kappa shape index (κ3) is 23.7. The van der Waals surface area contributed by atoms with E-state index in [1.807, 2.05) is 9.80 Å². The SMILES string of the molecule is NC(=O)CCCCCCCCC(N)=O.NC(=O)c1ccc(C(=O)N2CCCCCCCCCC2)cc1.NC(=O)c1ccc(C(=O)N2CCCCCCCCCCCC2)cc1. The lowest BCUT2D eigenvalue weighted by Gasteiger charge is -2.23. The topological polar surface area (TPSA) is 213 Å². The number of nitrogens with zero attached hydrogens (tertiary/aromatic N) is 2. The van der Waals surface area contributed by atoms with Gasteiger partial charge in [-0.25, -0.2) is 0 Å². The Morgan fingerprint density at radius 2 is 0.550 bits per heavy atom. The number of amides is 6. The molecule has 12 heteroatoms. The molecule has 2 saturated heterocycles.